The molecule has 2 rings (SSSR count). The molecule has 100 valence electrons. The third-order valence-electron chi connectivity index (χ3n) is 2.79. The van der Waals surface area contributed by atoms with Gasteiger partial charge >= 0.3 is 0 Å². The number of alkyl halides is 1. The van der Waals surface area contributed by atoms with Crippen LogP contribution in [-0.4, -0.2) is 0 Å². The molecule has 0 fully saturated rings. The molecule has 0 spiro atoms. The topological polar surface area (TPSA) is 9.23 Å². The third kappa shape index (κ3) is 3.53. The molecule has 0 saturated heterocycles. The van der Waals surface area contributed by atoms with E-state index in [1.54, 1.807) is 0 Å². The molecule has 0 aliphatic rings. The Morgan fingerprint density at radius 1 is 1.11 bits per heavy atom. The molecule has 4 heteroatoms. The maximum absolute atomic E-state index is 6.15. The minimum absolute atomic E-state index is 0.793. The van der Waals surface area contributed by atoms with Crippen LogP contribution < -0.4 is 4.74 Å². The lowest BCUT2D eigenvalue weighted by Gasteiger charge is -2.11. The van der Waals surface area contributed by atoms with Crippen LogP contribution >= 0.6 is 43.5 Å². The smallest absolute Gasteiger partial charge is 0.141 e. The number of rotatable bonds is 3. The molecule has 0 heterocycles. The molecule has 19 heavy (non-hydrogen) atoms. The first-order chi connectivity index (χ1) is 9.01. The van der Waals surface area contributed by atoms with E-state index >= 15 is 0 Å². The summed E-state index contributed by atoms with van der Waals surface area (Å²) in [5, 5.41) is 1.62. The van der Waals surface area contributed by atoms with Crippen LogP contribution in [0.3, 0.4) is 0 Å². The van der Waals surface area contributed by atoms with Gasteiger partial charge in [-0.3, -0.25) is 0 Å². The van der Waals surface area contributed by atoms with Crippen LogP contribution in [0.15, 0.2) is 34.8 Å². The summed E-state index contributed by atoms with van der Waals surface area (Å²) in [4.78, 5) is 0. The highest BCUT2D eigenvalue weighted by Gasteiger charge is 2.07. The van der Waals surface area contributed by atoms with E-state index in [0.29, 0.717) is 0 Å². The van der Waals surface area contributed by atoms with Crippen LogP contribution in [0.4, 0.5) is 0 Å². The average Bonchev–Trinajstić information content (AvgIpc) is 2.38. The van der Waals surface area contributed by atoms with Gasteiger partial charge in [-0.2, -0.15) is 0 Å². The molecule has 1 nitrogen and oxygen atoms in total. The Bertz CT molecular complexity index is 588. The van der Waals surface area contributed by atoms with Gasteiger partial charge in [0, 0.05) is 10.4 Å². The maximum atomic E-state index is 6.15. The largest absolute Gasteiger partial charge is 0.456 e. The van der Waals surface area contributed by atoms with Gasteiger partial charge in [0.05, 0.1) is 4.47 Å². The summed E-state index contributed by atoms with van der Waals surface area (Å²) in [6.07, 6.45) is 0. The first kappa shape index (κ1) is 14.9. The Labute approximate surface area is 135 Å². The summed E-state index contributed by atoms with van der Waals surface area (Å²) in [6, 6.07) is 9.92. The lowest BCUT2D eigenvalue weighted by molar-refractivity contribution is 0.478. The summed E-state index contributed by atoms with van der Waals surface area (Å²) in [6.45, 7) is 3.95. The van der Waals surface area contributed by atoms with Crippen molar-refractivity contribution in [1.29, 1.82) is 0 Å². The number of halogens is 3. The van der Waals surface area contributed by atoms with E-state index in [4.69, 9.17) is 16.3 Å². The second kappa shape index (κ2) is 6.29. The minimum Gasteiger partial charge on any atom is -0.456 e. The van der Waals surface area contributed by atoms with Crippen LogP contribution in [0, 0.1) is 13.8 Å². The minimum atomic E-state index is 0.793. The number of benzene rings is 2. The molecular weight excluding hydrogens is 391 g/mol. The predicted octanol–water partition coefficient (Wildman–Crippen LogP) is 6.41. The fraction of sp³-hybridized carbons (Fsp3) is 0.200. The van der Waals surface area contributed by atoms with Gasteiger partial charge in [0.25, 0.3) is 0 Å². The van der Waals surface area contributed by atoms with Crippen LogP contribution in [-0.2, 0) is 5.33 Å². The lowest BCUT2D eigenvalue weighted by atomic mass is 10.1. The number of hydrogen-bond donors (Lipinski definition) is 0. The zero-order valence-corrected chi connectivity index (χ0v) is 14.6. The van der Waals surface area contributed by atoms with E-state index in [9.17, 15) is 0 Å². The zero-order chi connectivity index (χ0) is 14.0. The first-order valence-electron chi connectivity index (χ1n) is 5.80. The maximum Gasteiger partial charge on any atom is 0.141 e. The average molecular weight is 405 g/mol. The summed E-state index contributed by atoms with van der Waals surface area (Å²) >= 11 is 13.1. The number of ether oxygens (including phenoxy) is 1. The Kier molecular flexibility index (Phi) is 4.93. The van der Waals surface area contributed by atoms with Crippen molar-refractivity contribution in [3.63, 3.8) is 0 Å². The summed E-state index contributed by atoms with van der Waals surface area (Å²) < 4.78 is 6.84. The van der Waals surface area contributed by atoms with Crippen molar-refractivity contribution in [3.05, 3.63) is 56.5 Å². The molecule has 0 aromatic heterocycles. The molecule has 0 N–H and O–H groups in total. The van der Waals surface area contributed by atoms with Gasteiger partial charge in [0.15, 0.2) is 0 Å². The highest BCUT2D eigenvalue weighted by atomic mass is 79.9. The van der Waals surface area contributed by atoms with Crippen molar-refractivity contribution in [2.24, 2.45) is 0 Å². The van der Waals surface area contributed by atoms with Crippen molar-refractivity contribution in [2.45, 2.75) is 19.2 Å². The standard InChI is InChI=1S/C15H13Br2ClO/c1-9-5-12(6-10(2)15(9)18)19-14-4-3-11(8-16)7-13(14)17/h3-7H,8H2,1-2H3. The Hall–Kier alpha value is -0.510. The summed E-state index contributed by atoms with van der Waals surface area (Å²) in [5.41, 5.74) is 3.23. The normalized spacial score (nSPS) is 10.6. The second-order valence-corrected chi connectivity index (χ2v) is 6.16. The van der Waals surface area contributed by atoms with Crippen molar-refractivity contribution < 1.29 is 4.74 Å². The molecule has 0 aliphatic heterocycles. The monoisotopic (exact) mass is 402 g/mol. The molecule has 0 amide bonds. The Balaban J connectivity index is 2.31. The van der Waals surface area contributed by atoms with Crippen LogP contribution in [0.5, 0.6) is 11.5 Å². The fourth-order valence-electron chi connectivity index (χ4n) is 1.80. The summed E-state index contributed by atoms with van der Waals surface area (Å²) in [5.74, 6) is 1.59. The van der Waals surface area contributed by atoms with Crippen LogP contribution in [0.2, 0.25) is 5.02 Å². The fourth-order valence-corrected chi connectivity index (χ4v) is 2.77. The van der Waals surface area contributed by atoms with E-state index in [1.165, 1.54) is 5.56 Å². The second-order valence-electron chi connectivity index (χ2n) is 4.37. The van der Waals surface area contributed by atoms with Gasteiger partial charge in [-0.05, 0) is 70.7 Å². The first-order valence-corrected chi connectivity index (χ1v) is 8.09. The zero-order valence-electron chi connectivity index (χ0n) is 10.6. The molecule has 2 aromatic rings. The Morgan fingerprint density at radius 2 is 1.74 bits per heavy atom. The molecule has 0 atom stereocenters. The highest BCUT2D eigenvalue weighted by Crippen LogP contribution is 2.33. The lowest BCUT2D eigenvalue weighted by Crippen LogP contribution is -1.90. The Morgan fingerprint density at radius 3 is 2.26 bits per heavy atom. The highest BCUT2D eigenvalue weighted by molar-refractivity contribution is 9.10. The van der Waals surface area contributed by atoms with Crippen molar-refractivity contribution in [3.8, 4) is 11.5 Å². The summed E-state index contributed by atoms with van der Waals surface area (Å²) in [7, 11) is 0. The van der Waals surface area contributed by atoms with Gasteiger partial charge in [-0.25, -0.2) is 0 Å². The van der Waals surface area contributed by atoms with Gasteiger partial charge in [-0.15, -0.1) is 0 Å². The van der Waals surface area contributed by atoms with Gasteiger partial charge in [0.1, 0.15) is 11.5 Å². The van der Waals surface area contributed by atoms with E-state index in [1.807, 2.05) is 44.2 Å². The van der Waals surface area contributed by atoms with Gasteiger partial charge < -0.3 is 4.74 Å². The molecule has 0 aliphatic carbocycles. The molecule has 0 saturated carbocycles. The molecule has 0 unspecified atom stereocenters. The predicted molar refractivity (Wildman–Crippen MR) is 87.8 cm³/mol. The van der Waals surface area contributed by atoms with Crippen molar-refractivity contribution >= 4 is 43.5 Å². The van der Waals surface area contributed by atoms with E-state index in [-0.39, 0.29) is 0 Å². The SMILES string of the molecule is Cc1cc(Oc2ccc(CBr)cc2Br)cc(C)c1Cl. The van der Waals surface area contributed by atoms with Crippen molar-refractivity contribution in [1.82, 2.24) is 0 Å². The van der Waals surface area contributed by atoms with Crippen LogP contribution in [0.1, 0.15) is 16.7 Å². The van der Waals surface area contributed by atoms with Gasteiger partial charge in [0.2, 0.25) is 0 Å². The van der Waals surface area contributed by atoms with E-state index < -0.39 is 0 Å². The molecule has 0 bridgehead atoms. The number of aryl methyl sites for hydroxylation is 2. The van der Waals surface area contributed by atoms with Crippen LogP contribution in [0.25, 0.3) is 0 Å². The van der Waals surface area contributed by atoms with Gasteiger partial charge in [-0.1, -0.05) is 33.6 Å². The van der Waals surface area contributed by atoms with E-state index in [2.05, 4.69) is 31.9 Å². The van der Waals surface area contributed by atoms with Crippen molar-refractivity contribution in [2.75, 3.05) is 0 Å². The van der Waals surface area contributed by atoms with E-state index in [0.717, 1.165) is 37.5 Å². The third-order valence-corrected chi connectivity index (χ3v) is 4.65. The number of hydrogen-bond acceptors (Lipinski definition) is 1. The quantitative estimate of drug-likeness (QED) is 0.537. The molecule has 2 aromatic carbocycles. The molecular formula is C15H13Br2ClO. The molecule has 0 radical (unpaired) electrons.